The number of amides is 1. The van der Waals surface area contributed by atoms with Crippen molar-refractivity contribution in [1.29, 1.82) is 0 Å². The number of hydrogen-bond acceptors (Lipinski definition) is 3. The van der Waals surface area contributed by atoms with Gasteiger partial charge in [0.15, 0.2) is 0 Å². The summed E-state index contributed by atoms with van der Waals surface area (Å²) in [4.78, 5) is 13.7. The fourth-order valence-electron chi connectivity index (χ4n) is 2.22. The van der Waals surface area contributed by atoms with Gasteiger partial charge in [0, 0.05) is 30.0 Å². The number of nitrogens with one attached hydrogen (secondary N) is 1. The second-order valence-electron chi connectivity index (χ2n) is 4.47. The van der Waals surface area contributed by atoms with Gasteiger partial charge in [0.2, 0.25) is 5.91 Å². The third kappa shape index (κ3) is 2.24. The summed E-state index contributed by atoms with van der Waals surface area (Å²) in [6.07, 6.45) is 2.95. The van der Waals surface area contributed by atoms with Crippen LogP contribution in [0.2, 0.25) is 0 Å². The Hall–Kier alpha value is -1.81. The summed E-state index contributed by atoms with van der Waals surface area (Å²) in [6.45, 7) is 7.67. The van der Waals surface area contributed by atoms with E-state index in [1.807, 2.05) is 24.3 Å². The van der Waals surface area contributed by atoms with Crippen molar-refractivity contribution in [3.05, 3.63) is 36.4 Å². The molecule has 3 N–H and O–H groups in total. The number of carbonyl (C=O) groups is 1. The van der Waals surface area contributed by atoms with E-state index in [4.69, 9.17) is 5.73 Å². The largest absolute Gasteiger partial charge is 0.368 e. The Bertz CT molecular complexity index is 470. The quantitative estimate of drug-likeness (QED) is 0.780. The predicted molar refractivity (Wildman–Crippen MR) is 74.7 cm³/mol. The van der Waals surface area contributed by atoms with Crippen molar-refractivity contribution < 1.29 is 4.79 Å². The molecule has 18 heavy (non-hydrogen) atoms. The number of rotatable bonds is 5. The molecule has 1 aromatic carbocycles. The van der Waals surface area contributed by atoms with Crippen LogP contribution in [0, 0.1) is 0 Å². The molecule has 0 fully saturated rings. The van der Waals surface area contributed by atoms with Gasteiger partial charge in [0.25, 0.3) is 0 Å². The molecule has 1 unspecified atom stereocenters. The molecule has 2 rings (SSSR count). The van der Waals surface area contributed by atoms with Crippen LogP contribution in [0.4, 0.5) is 11.4 Å². The Morgan fingerprint density at radius 3 is 3.00 bits per heavy atom. The first-order chi connectivity index (χ1) is 8.67. The minimum atomic E-state index is -0.534. The molecule has 0 aliphatic carbocycles. The first kappa shape index (κ1) is 12.6. The Labute approximate surface area is 107 Å². The number of anilines is 2. The summed E-state index contributed by atoms with van der Waals surface area (Å²) < 4.78 is 0. The van der Waals surface area contributed by atoms with Crippen LogP contribution in [0.3, 0.4) is 0 Å². The van der Waals surface area contributed by atoms with E-state index in [-0.39, 0.29) is 5.91 Å². The van der Waals surface area contributed by atoms with Gasteiger partial charge in [0.1, 0.15) is 6.04 Å². The minimum absolute atomic E-state index is 0.132. The Morgan fingerprint density at radius 2 is 2.33 bits per heavy atom. The second kappa shape index (κ2) is 5.23. The van der Waals surface area contributed by atoms with Crippen LogP contribution in [0.25, 0.3) is 0 Å². The van der Waals surface area contributed by atoms with Gasteiger partial charge in [-0.05, 0) is 18.6 Å². The van der Waals surface area contributed by atoms with Crippen LogP contribution >= 0.6 is 0 Å². The van der Waals surface area contributed by atoms with Gasteiger partial charge in [-0.1, -0.05) is 19.1 Å². The highest BCUT2D eigenvalue weighted by atomic mass is 16.2. The molecule has 0 radical (unpaired) electrons. The van der Waals surface area contributed by atoms with Crippen molar-refractivity contribution in [2.75, 3.05) is 23.3 Å². The summed E-state index contributed by atoms with van der Waals surface area (Å²) in [5, 5.41) is 2.81. The summed E-state index contributed by atoms with van der Waals surface area (Å²) in [6, 6.07) is 5.39. The smallest absolute Gasteiger partial charge is 0.245 e. The lowest BCUT2D eigenvalue weighted by Crippen LogP contribution is -2.23. The highest BCUT2D eigenvalue weighted by Crippen LogP contribution is 2.32. The van der Waals surface area contributed by atoms with E-state index in [1.165, 1.54) is 0 Å². The van der Waals surface area contributed by atoms with Crippen molar-refractivity contribution in [1.82, 2.24) is 0 Å². The molecule has 1 atom stereocenters. The fraction of sp³-hybridized carbons (Fsp3) is 0.357. The highest BCUT2D eigenvalue weighted by Gasteiger charge is 2.27. The average molecular weight is 245 g/mol. The van der Waals surface area contributed by atoms with Crippen molar-refractivity contribution >= 4 is 17.3 Å². The molecule has 4 heteroatoms. The molecule has 1 amide bonds. The number of hydrogen-bond donors (Lipinski definition) is 2. The Morgan fingerprint density at radius 1 is 1.56 bits per heavy atom. The molecule has 1 aliphatic rings. The van der Waals surface area contributed by atoms with E-state index in [0.29, 0.717) is 0 Å². The molecule has 0 saturated heterocycles. The molecule has 0 bridgehead atoms. The zero-order valence-corrected chi connectivity index (χ0v) is 10.6. The maximum Gasteiger partial charge on any atom is 0.245 e. The first-order valence-electron chi connectivity index (χ1n) is 6.23. The number of carbonyl (C=O) groups excluding carboxylic acids is 1. The molecular formula is C14H19N3O. The van der Waals surface area contributed by atoms with Crippen LogP contribution in [0.1, 0.15) is 24.9 Å². The van der Waals surface area contributed by atoms with E-state index in [1.54, 1.807) is 0 Å². The zero-order chi connectivity index (χ0) is 13.1. The normalized spacial score (nSPS) is 17.2. The first-order valence-corrected chi connectivity index (χ1v) is 6.23. The highest BCUT2D eigenvalue weighted by molar-refractivity contribution is 6.02. The molecule has 0 spiro atoms. The molecule has 1 heterocycles. The van der Waals surface area contributed by atoms with Crippen molar-refractivity contribution in [3.63, 3.8) is 0 Å². The van der Waals surface area contributed by atoms with Crippen LogP contribution in [-0.4, -0.2) is 19.0 Å². The van der Waals surface area contributed by atoms with Gasteiger partial charge in [0.05, 0.1) is 0 Å². The summed E-state index contributed by atoms with van der Waals surface area (Å²) in [7, 11) is 0. The maximum absolute atomic E-state index is 11.5. The summed E-state index contributed by atoms with van der Waals surface area (Å²) in [5.41, 5.74) is 8.58. The van der Waals surface area contributed by atoms with Gasteiger partial charge >= 0.3 is 0 Å². The monoisotopic (exact) mass is 245 g/mol. The number of benzene rings is 1. The third-order valence-corrected chi connectivity index (χ3v) is 3.12. The van der Waals surface area contributed by atoms with Crippen molar-refractivity contribution in [3.8, 4) is 0 Å². The molecule has 1 aliphatic heterocycles. The second-order valence-corrected chi connectivity index (χ2v) is 4.47. The van der Waals surface area contributed by atoms with E-state index >= 15 is 0 Å². The van der Waals surface area contributed by atoms with Crippen LogP contribution < -0.4 is 16.0 Å². The van der Waals surface area contributed by atoms with Gasteiger partial charge in [-0.2, -0.15) is 0 Å². The van der Waals surface area contributed by atoms with E-state index in [9.17, 15) is 4.79 Å². The molecule has 4 nitrogen and oxygen atoms in total. The minimum Gasteiger partial charge on any atom is -0.368 e. The Balaban J connectivity index is 2.28. The topological polar surface area (TPSA) is 58.4 Å². The van der Waals surface area contributed by atoms with Gasteiger partial charge in [-0.15, -0.1) is 6.58 Å². The van der Waals surface area contributed by atoms with Crippen LogP contribution in [-0.2, 0) is 4.79 Å². The predicted octanol–water partition coefficient (Wildman–Crippen LogP) is 2.04. The summed E-state index contributed by atoms with van der Waals surface area (Å²) in [5.74, 6) is -0.132. The van der Waals surface area contributed by atoms with E-state index < -0.39 is 6.04 Å². The lowest BCUT2D eigenvalue weighted by Gasteiger charge is -2.23. The van der Waals surface area contributed by atoms with Gasteiger partial charge < -0.3 is 16.0 Å². The Kier molecular flexibility index (Phi) is 3.67. The third-order valence-electron chi connectivity index (χ3n) is 3.12. The molecule has 0 saturated carbocycles. The van der Waals surface area contributed by atoms with E-state index in [2.05, 4.69) is 23.7 Å². The van der Waals surface area contributed by atoms with Crippen molar-refractivity contribution in [2.24, 2.45) is 5.73 Å². The lowest BCUT2D eigenvalue weighted by molar-refractivity contribution is -0.116. The number of fused-ring (bicyclic) bond motifs is 1. The lowest BCUT2D eigenvalue weighted by atomic mass is 10.1. The SMILES string of the molecule is C=CCN(CCC)c1ccc2c(c1)NC(=O)C2N. The van der Waals surface area contributed by atoms with Crippen LogP contribution in [0.5, 0.6) is 0 Å². The standard InChI is InChI=1S/C14H19N3O/c1-3-7-17(8-4-2)10-5-6-11-12(9-10)16-14(18)13(11)15/h3,5-6,9,13H,1,4,7-8,15H2,2H3,(H,16,18). The maximum atomic E-state index is 11.5. The molecular weight excluding hydrogens is 226 g/mol. The average Bonchev–Trinajstić information content (AvgIpc) is 2.64. The number of nitrogens with zero attached hydrogens (tertiary/aromatic N) is 1. The molecule has 1 aromatic rings. The van der Waals surface area contributed by atoms with Crippen LogP contribution in [0.15, 0.2) is 30.9 Å². The van der Waals surface area contributed by atoms with Gasteiger partial charge in [-0.25, -0.2) is 0 Å². The fourth-order valence-corrected chi connectivity index (χ4v) is 2.22. The van der Waals surface area contributed by atoms with Crippen molar-refractivity contribution in [2.45, 2.75) is 19.4 Å². The van der Waals surface area contributed by atoms with Gasteiger partial charge in [-0.3, -0.25) is 4.79 Å². The molecule has 96 valence electrons. The summed E-state index contributed by atoms with van der Waals surface area (Å²) >= 11 is 0. The number of nitrogens with two attached hydrogens (primary N) is 1. The molecule has 0 aromatic heterocycles. The van der Waals surface area contributed by atoms with E-state index in [0.717, 1.165) is 36.4 Å². The zero-order valence-electron chi connectivity index (χ0n) is 10.6.